The quantitative estimate of drug-likeness (QED) is 0.546. The zero-order valence-corrected chi connectivity index (χ0v) is 12.4. The van der Waals surface area contributed by atoms with E-state index in [1.807, 2.05) is 36.4 Å². The lowest BCUT2D eigenvalue weighted by atomic mass is 10.0. The molecule has 0 saturated carbocycles. The highest BCUT2D eigenvalue weighted by molar-refractivity contribution is 5.90. The summed E-state index contributed by atoms with van der Waals surface area (Å²) in [6.07, 6.45) is 4.89. The van der Waals surface area contributed by atoms with Gasteiger partial charge in [0.15, 0.2) is 0 Å². The van der Waals surface area contributed by atoms with Crippen molar-refractivity contribution in [2.75, 3.05) is 7.11 Å². The third-order valence-electron chi connectivity index (χ3n) is 3.46. The molecule has 0 aliphatic carbocycles. The monoisotopic (exact) mass is 308 g/mol. The molecule has 0 bridgehead atoms. The number of rotatable bonds is 3. The van der Waals surface area contributed by atoms with Crippen LogP contribution >= 0.6 is 0 Å². The first-order chi connectivity index (χ1) is 11.2. The summed E-state index contributed by atoms with van der Waals surface area (Å²) in [4.78, 5) is 19.3. The molecule has 2 aromatic heterocycles. The Hall–Kier alpha value is -3.08. The first kappa shape index (κ1) is 14.8. The number of nitrogens with zero attached hydrogens (tertiary/aromatic N) is 2. The normalized spacial score (nSPS) is 10.3. The van der Waals surface area contributed by atoms with Crippen molar-refractivity contribution >= 4 is 5.97 Å². The Morgan fingerprint density at radius 3 is 2.30 bits per heavy atom. The fraction of sp³-hybridized carbons (Fsp3) is 0.0556. The molecule has 0 N–H and O–H groups in total. The van der Waals surface area contributed by atoms with Gasteiger partial charge in [0.1, 0.15) is 5.56 Å². The molecule has 4 nitrogen and oxygen atoms in total. The maximum absolute atomic E-state index is 13.6. The number of pyridine rings is 2. The summed E-state index contributed by atoms with van der Waals surface area (Å²) in [5, 5.41) is 0. The Morgan fingerprint density at radius 1 is 1.00 bits per heavy atom. The van der Waals surface area contributed by atoms with E-state index in [0.29, 0.717) is 5.56 Å². The minimum atomic E-state index is -0.840. The minimum absolute atomic E-state index is 0.179. The van der Waals surface area contributed by atoms with E-state index < -0.39 is 11.9 Å². The van der Waals surface area contributed by atoms with Crippen molar-refractivity contribution in [2.45, 2.75) is 0 Å². The summed E-state index contributed by atoms with van der Waals surface area (Å²) in [7, 11) is 1.21. The summed E-state index contributed by atoms with van der Waals surface area (Å²) in [6.45, 7) is 0. The zero-order valence-electron chi connectivity index (χ0n) is 12.4. The van der Waals surface area contributed by atoms with Crippen molar-refractivity contribution in [1.29, 1.82) is 0 Å². The van der Waals surface area contributed by atoms with E-state index in [-0.39, 0.29) is 5.56 Å². The molecular formula is C18H13FN2O2. The molecule has 1 aromatic carbocycles. The van der Waals surface area contributed by atoms with Gasteiger partial charge in [-0.2, -0.15) is 4.39 Å². The van der Waals surface area contributed by atoms with Gasteiger partial charge in [-0.3, -0.25) is 4.98 Å². The highest BCUT2D eigenvalue weighted by Crippen LogP contribution is 2.25. The maximum Gasteiger partial charge on any atom is 0.342 e. The van der Waals surface area contributed by atoms with Crippen molar-refractivity contribution in [2.24, 2.45) is 0 Å². The third-order valence-corrected chi connectivity index (χ3v) is 3.46. The van der Waals surface area contributed by atoms with Crippen LogP contribution in [0.1, 0.15) is 10.4 Å². The molecule has 0 saturated heterocycles. The van der Waals surface area contributed by atoms with Gasteiger partial charge < -0.3 is 4.74 Å². The average Bonchev–Trinajstić information content (AvgIpc) is 2.62. The number of hydrogen-bond acceptors (Lipinski definition) is 4. The van der Waals surface area contributed by atoms with Crippen LogP contribution in [0.2, 0.25) is 0 Å². The van der Waals surface area contributed by atoms with Gasteiger partial charge in [0, 0.05) is 24.2 Å². The average molecular weight is 308 g/mol. The SMILES string of the molecule is COC(=O)c1cc(-c2ccc(-c3cccnc3)cc2)cnc1F. The number of ether oxygens (including phenoxy) is 1. The summed E-state index contributed by atoms with van der Waals surface area (Å²) < 4.78 is 18.1. The van der Waals surface area contributed by atoms with Crippen LogP contribution in [0.5, 0.6) is 0 Å². The molecule has 0 unspecified atom stereocenters. The van der Waals surface area contributed by atoms with Gasteiger partial charge in [-0.25, -0.2) is 9.78 Å². The molecule has 5 heteroatoms. The van der Waals surface area contributed by atoms with Crippen LogP contribution in [0.3, 0.4) is 0 Å². The number of hydrogen-bond donors (Lipinski definition) is 0. The molecule has 0 aliphatic rings. The van der Waals surface area contributed by atoms with Crippen LogP contribution in [0.15, 0.2) is 61.1 Å². The first-order valence-electron chi connectivity index (χ1n) is 6.94. The van der Waals surface area contributed by atoms with Crippen LogP contribution in [0.4, 0.5) is 4.39 Å². The van der Waals surface area contributed by atoms with Crippen LogP contribution in [0, 0.1) is 5.95 Å². The lowest BCUT2D eigenvalue weighted by Gasteiger charge is -2.06. The topological polar surface area (TPSA) is 52.1 Å². The van der Waals surface area contributed by atoms with Crippen LogP contribution in [-0.2, 0) is 4.74 Å². The molecule has 0 spiro atoms. The van der Waals surface area contributed by atoms with Crippen LogP contribution < -0.4 is 0 Å². The second-order valence-electron chi connectivity index (χ2n) is 4.87. The van der Waals surface area contributed by atoms with Gasteiger partial charge in [-0.1, -0.05) is 30.3 Å². The smallest absolute Gasteiger partial charge is 0.342 e. The molecule has 0 atom stereocenters. The largest absolute Gasteiger partial charge is 0.465 e. The fourth-order valence-corrected chi connectivity index (χ4v) is 2.25. The van der Waals surface area contributed by atoms with Gasteiger partial charge >= 0.3 is 5.97 Å². The van der Waals surface area contributed by atoms with Gasteiger partial charge in [-0.05, 0) is 28.8 Å². The van der Waals surface area contributed by atoms with Crippen LogP contribution in [-0.4, -0.2) is 23.0 Å². The molecule has 2 heterocycles. The Morgan fingerprint density at radius 2 is 1.70 bits per heavy atom. The van der Waals surface area contributed by atoms with Gasteiger partial charge in [0.05, 0.1) is 7.11 Å². The number of aromatic nitrogens is 2. The summed E-state index contributed by atoms with van der Waals surface area (Å²) in [5.41, 5.74) is 3.32. The molecule has 0 fully saturated rings. The van der Waals surface area contributed by atoms with Crippen LogP contribution in [0.25, 0.3) is 22.3 Å². The standard InChI is InChI=1S/C18H13FN2O2/c1-23-18(22)16-9-15(11-21-17(16)19)13-6-4-12(5-7-13)14-3-2-8-20-10-14/h2-11H,1H3. The molecule has 23 heavy (non-hydrogen) atoms. The predicted octanol–water partition coefficient (Wildman–Crippen LogP) is 3.74. The van der Waals surface area contributed by atoms with E-state index in [2.05, 4.69) is 14.7 Å². The Balaban J connectivity index is 1.95. The summed E-state index contributed by atoms with van der Waals surface area (Å²) in [6, 6.07) is 12.9. The predicted molar refractivity (Wildman–Crippen MR) is 84.2 cm³/mol. The molecular weight excluding hydrogens is 295 g/mol. The highest BCUT2D eigenvalue weighted by Gasteiger charge is 2.14. The van der Waals surface area contributed by atoms with Gasteiger partial charge in [0.2, 0.25) is 5.95 Å². The molecule has 3 rings (SSSR count). The number of esters is 1. The molecule has 0 radical (unpaired) electrons. The van der Waals surface area contributed by atoms with E-state index >= 15 is 0 Å². The Bertz CT molecular complexity index is 833. The number of carbonyl (C=O) groups is 1. The van der Waals surface area contributed by atoms with Gasteiger partial charge in [0.25, 0.3) is 0 Å². The summed E-state index contributed by atoms with van der Waals surface area (Å²) in [5.74, 6) is -1.59. The second-order valence-corrected chi connectivity index (χ2v) is 4.87. The van der Waals surface area contributed by atoms with Gasteiger partial charge in [-0.15, -0.1) is 0 Å². The van der Waals surface area contributed by atoms with E-state index in [1.54, 1.807) is 12.4 Å². The van der Waals surface area contributed by atoms with E-state index in [0.717, 1.165) is 16.7 Å². The number of halogens is 1. The molecule has 0 aliphatic heterocycles. The van der Waals surface area contributed by atoms with Crippen molar-refractivity contribution in [3.63, 3.8) is 0 Å². The lowest BCUT2D eigenvalue weighted by Crippen LogP contribution is -2.06. The minimum Gasteiger partial charge on any atom is -0.465 e. The lowest BCUT2D eigenvalue weighted by molar-refractivity contribution is 0.0594. The third kappa shape index (κ3) is 3.08. The van der Waals surface area contributed by atoms with Crippen molar-refractivity contribution < 1.29 is 13.9 Å². The number of carbonyl (C=O) groups excluding carboxylic acids is 1. The number of methoxy groups -OCH3 is 1. The van der Waals surface area contributed by atoms with E-state index in [9.17, 15) is 9.18 Å². The zero-order chi connectivity index (χ0) is 16.2. The molecule has 3 aromatic rings. The van der Waals surface area contributed by atoms with Crippen molar-refractivity contribution in [1.82, 2.24) is 9.97 Å². The second kappa shape index (κ2) is 6.36. The molecule has 114 valence electrons. The van der Waals surface area contributed by atoms with E-state index in [4.69, 9.17) is 0 Å². The summed E-state index contributed by atoms with van der Waals surface area (Å²) >= 11 is 0. The Kier molecular flexibility index (Phi) is 4.10. The van der Waals surface area contributed by atoms with E-state index in [1.165, 1.54) is 19.4 Å². The number of benzene rings is 1. The first-order valence-corrected chi connectivity index (χ1v) is 6.94. The van der Waals surface area contributed by atoms with Crippen molar-refractivity contribution in [3.05, 3.63) is 72.6 Å². The fourth-order valence-electron chi connectivity index (χ4n) is 2.25. The Labute approximate surface area is 132 Å². The van der Waals surface area contributed by atoms with Crippen molar-refractivity contribution in [3.8, 4) is 22.3 Å². The maximum atomic E-state index is 13.6. The molecule has 0 amide bonds. The highest BCUT2D eigenvalue weighted by atomic mass is 19.1.